The summed E-state index contributed by atoms with van der Waals surface area (Å²) in [5, 5.41) is 81.3. The molecule has 1 atom stereocenters. The van der Waals surface area contributed by atoms with Gasteiger partial charge < -0.3 is 84.4 Å². The van der Waals surface area contributed by atoms with Crippen LogP contribution in [0.15, 0.2) is 60.8 Å². The lowest BCUT2D eigenvalue weighted by atomic mass is 9.95. The van der Waals surface area contributed by atoms with Crippen LogP contribution in [0.3, 0.4) is 0 Å². The molecule has 0 aromatic rings. The Balaban J connectivity index is -0.000000320. The van der Waals surface area contributed by atoms with Crippen LogP contribution >= 0.6 is 15.9 Å². The summed E-state index contributed by atoms with van der Waals surface area (Å²) in [6.07, 6.45) is -2.35. The lowest BCUT2D eigenvalue weighted by molar-refractivity contribution is -0.180. The van der Waals surface area contributed by atoms with E-state index in [1.807, 2.05) is 0 Å². The van der Waals surface area contributed by atoms with Crippen LogP contribution in [0.25, 0.3) is 0 Å². The largest absolute Gasteiger partial charge is 0.481 e. The third-order valence-corrected chi connectivity index (χ3v) is 9.09. The van der Waals surface area contributed by atoms with E-state index in [4.69, 9.17) is 69.6 Å². The molecule has 0 aliphatic carbocycles. The number of carboxylic acids is 9. The predicted octanol–water partition coefficient (Wildman–Crippen LogP) is 0.579. The average Bonchev–Trinajstić information content (AvgIpc) is 3.52. The fourth-order valence-corrected chi connectivity index (χ4v) is 5.05. The maximum absolute atomic E-state index is 11.2. The smallest absolute Gasteiger partial charge is 0.337 e. The molecule has 34 heteroatoms. The highest BCUT2D eigenvalue weighted by atomic mass is 79.9. The van der Waals surface area contributed by atoms with E-state index in [1.54, 1.807) is 6.92 Å². The monoisotopic (exact) mass is 1290 g/mol. The molecule has 0 aromatic heterocycles. The normalized spacial score (nSPS) is 10.4. The second-order valence-corrected chi connectivity index (χ2v) is 17.7. The van der Waals surface area contributed by atoms with Crippen molar-refractivity contribution in [3.63, 3.8) is 0 Å². The fraction of sp³-hybridized carbons (Fsp3) is 0.529. The van der Waals surface area contributed by atoms with Gasteiger partial charge in [0.15, 0.2) is 5.60 Å². The lowest BCUT2D eigenvalue weighted by Gasteiger charge is -2.26. The molecule has 0 aliphatic rings. The van der Waals surface area contributed by atoms with Gasteiger partial charge in [-0.15, -0.1) is 0 Å². The van der Waals surface area contributed by atoms with Crippen molar-refractivity contribution in [1.29, 1.82) is 0 Å². The molecule has 0 spiro atoms. The molecule has 0 amide bonds. The van der Waals surface area contributed by atoms with Gasteiger partial charge in [0.05, 0.1) is 58.8 Å². The first-order valence-corrected chi connectivity index (χ1v) is 25.5. The van der Waals surface area contributed by atoms with E-state index in [9.17, 15) is 67.1 Å². The van der Waals surface area contributed by atoms with Gasteiger partial charge in [0.1, 0.15) is 39.1 Å². The molecule has 33 nitrogen and oxygen atoms in total. The minimum Gasteiger partial charge on any atom is -0.481 e. The molecule has 0 aliphatic heterocycles. The van der Waals surface area contributed by atoms with Crippen molar-refractivity contribution in [2.24, 2.45) is 0 Å². The maximum atomic E-state index is 11.2. The van der Waals surface area contributed by atoms with Crippen molar-refractivity contribution in [3.05, 3.63) is 60.8 Å². The quantitative estimate of drug-likeness (QED) is 0.0132. The summed E-state index contributed by atoms with van der Waals surface area (Å²) in [5.41, 5.74) is -1.08. The van der Waals surface area contributed by atoms with Gasteiger partial charge in [-0.25, -0.2) is 28.8 Å². The minimum atomic E-state index is -2.42. The highest BCUT2D eigenvalue weighted by Gasteiger charge is 2.44. The molecule has 0 unspecified atom stereocenters. The third kappa shape index (κ3) is 54.6. The number of ether oxygens (including phenoxy) is 7. The highest BCUT2D eigenvalue weighted by Crippen LogP contribution is 2.22. The summed E-state index contributed by atoms with van der Waals surface area (Å²) >= 11 is 3.12. The Morgan fingerprint density at radius 2 is 0.765 bits per heavy atom. The number of esters is 5. The van der Waals surface area contributed by atoms with Crippen molar-refractivity contribution < 1.29 is 146 Å². The molecule has 85 heavy (non-hydrogen) atoms. The number of hydrogen-bond donors (Lipinski definition) is 10. The number of carboxylic acid groups (broad SMARTS) is 9. The molecule has 0 fully saturated rings. The molecule has 0 aromatic carbocycles. The number of hydrogen-bond acceptors (Lipinski definition) is 24. The van der Waals surface area contributed by atoms with Crippen molar-refractivity contribution in [1.82, 2.24) is 15.1 Å². The van der Waals surface area contributed by atoms with Gasteiger partial charge in [-0.05, 0) is 41.0 Å². The van der Waals surface area contributed by atoms with Gasteiger partial charge >= 0.3 is 83.6 Å². The Labute approximate surface area is 496 Å². The number of aliphatic carboxylic acids is 9. The molecule has 0 radical (unpaired) electrons. The number of carbonyl (C=O) groups is 14. The maximum Gasteiger partial charge on any atom is 0.337 e. The Morgan fingerprint density at radius 1 is 0.435 bits per heavy atom. The van der Waals surface area contributed by atoms with Gasteiger partial charge in [0, 0.05) is 59.3 Å². The molecule has 0 heterocycles. The second kappa shape index (κ2) is 50.1. The van der Waals surface area contributed by atoms with Crippen molar-refractivity contribution in [2.45, 2.75) is 71.9 Å². The molecule has 0 rings (SSSR count). The Kier molecular flexibility index (Phi) is 50.3. The summed E-state index contributed by atoms with van der Waals surface area (Å²) in [5.74, 6) is -14.2. The van der Waals surface area contributed by atoms with Crippen LogP contribution in [0.5, 0.6) is 0 Å². The number of rotatable bonds is 41. The van der Waals surface area contributed by atoms with Gasteiger partial charge in [-0.3, -0.25) is 48.2 Å². The Morgan fingerprint density at radius 3 is 1.07 bits per heavy atom. The van der Waals surface area contributed by atoms with Crippen molar-refractivity contribution >= 4 is 99.5 Å². The van der Waals surface area contributed by atoms with E-state index in [0.29, 0.717) is 23.1 Å². The predicted molar refractivity (Wildman–Crippen MR) is 294 cm³/mol. The first-order valence-electron chi connectivity index (χ1n) is 24.4. The second-order valence-electron chi connectivity index (χ2n) is 16.9. The van der Waals surface area contributed by atoms with E-state index < -0.39 is 122 Å². The molecule has 0 saturated carbocycles. The zero-order valence-electron chi connectivity index (χ0n) is 47.6. The number of carbonyl (C=O) groups excluding carboxylic acids is 5. The van der Waals surface area contributed by atoms with E-state index in [0.717, 1.165) is 4.90 Å². The molecule has 0 saturated heterocycles. The Hall–Kier alpha value is -8.44. The van der Waals surface area contributed by atoms with E-state index in [1.165, 1.54) is 32.6 Å². The average molecular weight is 1290 g/mol. The number of halogens is 1. The van der Waals surface area contributed by atoms with E-state index in [2.05, 4.69) is 63.6 Å². The van der Waals surface area contributed by atoms with Crippen LogP contribution in [-0.2, 0) is 100 Å². The van der Waals surface area contributed by atoms with E-state index in [-0.39, 0.29) is 108 Å². The zero-order valence-corrected chi connectivity index (χ0v) is 49.2. The summed E-state index contributed by atoms with van der Waals surface area (Å²) in [6.45, 7) is 23.1. The summed E-state index contributed by atoms with van der Waals surface area (Å²) < 4.78 is 33.6. The molecular formula is C51H76BrN3O30. The van der Waals surface area contributed by atoms with Crippen LogP contribution < -0.4 is 5.32 Å². The topological polar surface area (TPSA) is 504 Å². The van der Waals surface area contributed by atoms with Gasteiger partial charge in [-0.2, -0.15) is 0 Å². The fourth-order valence-electron chi connectivity index (χ4n) is 4.89. The zero-order chi connectivity index (χ0) is 67.0. The third-order valence-electron chi connectivity index (χ3n) is 8.77. The minimum absolute atomic E-state index is 0.00252. The van der Waals surface area contributed by atoms with Gasteiger partial charge in [-0.1, -0.05) is 48.8 Å². The van der Waals surface area contributed by atoms with Crippen LogP contribution in [0.1, 0.15) is 60.3 Å². The first kappa shape index (κ1) is 85.4. The number of nitrogens with one attached hydrogen (secondary N) is 1. The summed E-state index contributed by atoms with van der Waals surface area (Å²) in [6, 6.07) is -0.968. The highest BCUT2D eigenvalue weighted by molar-refractivity contribution is 9.09. The van der Waals surface area contributed by atoms with Crippen LogP contribution in [-0.4, -0.2) is 255 Å². The summed E-state index contributed by atoms with van der Waals surface area (Å²) in [4.78, 5) is 153. The molecular weight excluding hydrogens is 1210 g/mol. The van der Waals surface area contributed by atoms with Crippen molar-refractivity contribution in [3.8, 4) is 0 Å². The van der Waals surface area contributed by atoms with Crippen LogP contribution in [0.4, 0.5) is 0 Å². The molecule has 482 valence electrons. The SMILES string of the molecule is C=C(C)C(=O)OCCBr.C=C(C)C(=O)OCCN(CC(=O)O)CC(=O)O.C=C(C)C(=O)OCCN[C@@H](CCC(=O)O)C(=O)O.C=C(C)C(=O)OCCOC(CC(=O)O)(CC(=O)O)C(=O)O.C=C(C)C(=O)OCCOCCN(CC(=O)O)CC(=O)O. The lowest BCUT2D eigenvalue weighted by Crippen LogP contribution is -2.46. The van der Waals surface area contributed by atoms with Gasteiger partial charge in [0.2, 0.25) is 0 Å². The van der Waals surface area contributed by atoms with Crippen LogP contribution in [0.2, 0.25) is 0 Å². The standard InChI is InChI=1S/C12H19NO7.C12H16O9.C11H17NO6.C10H15NO6.C6H9BrO2/c1-9(2)12(18)20-6-5-19-4-3-13(7-10(14)15)8-11(16)17;1-7(2)10(17)20-3-4-21-12(11(18)19,5-8(13)14)6-9(15)16;1-7(2)11(17)18-6-5-12-8(10(15)16)3-4-9(13)14;1-7(2)10(16)17-4-3-11(5-8(12)13)6-9(14)15;1-5(2)6(8)9-4-3-7/h1,3-8H2,2H3,(H,14,15)(H,16,17);1,3-6H2,2H3,(H,13,14)(H,15,16)(H,18,19);8,12H,1,3-6H2,2H3,(H,13,14)(H,15,16);1,3-6H2,2H3,(H,12,13)(H,14,15);1,3-4H2,2H3/t;;8-;;/m..0../s1. The molecule has 0 bridgehead atoms. The Bertz CT molecular complexity index is 2270. The first-order chi connectivity index (χ1) is 39.3. The summed E-state index contributed by atoms with van der Waals surface area (Å²) in [7, 11) is 0. The molecule has 10 N–H and O–H groups in total. The number of alkyl halides is 1. The van der Waals surface area contributed by atoms with Crippen molar-refractivity contribution in [2.75, 3.05) is 104 Å². The van der Waals surface area contributed by atoms with Crippen LogP contribution in [0, 0.1) is 0 Å². The number of nitrogens with zero attached hydrogens (tertiary/aromatic N) is 2. The van der Waals surface area contributed by atoms with Gasteiger partial charge in [0.25, 0.3) is 0 Å². The van der Waals surface area contributed by atoms with E-state index >= 15 is 0 Å².